The maximum absolute atomic E-state index is 6.16. The number of rotatable bonds is 4. The molecule has 0 saturated carbocycles. The van der Waals surface area contributed by atoms with E-state index < -0.39 is 0 Å². The number of anilines is 1. The predicted octanol–water partition coefficient (Wildman–Crippen LogP) is 1.98. The number of piperazine rings is 1. The topological polar surface area (TPSA) is 31.4 Å². The summed E-state index contributed by atoms with van der Waals surface area (Å²) in [5.74, 6) is 1.04. The first-order valence-corrected chi connectivity index (χ1v) is 7.31. The first-order chi connectivity index (χ1) is 9.15. The zero-order chi connectivity index (χ0) is 13.8. The Labute approximate surface area is 120 Å². The standard InChI is InChI=1S/C14H23ClN4/c1-4-18-5-6-19(10-11(18)2)14-7-12(8-16-3)13(15)9-17-14/h7,9,11,16H,4-6,8,10H2,1-3H3. The molecular weight excluding hydrogens is 260 g/mol. The number of nitrogens with one attached hydrogen (secondary N) is 1. The highest BCUT2D eigenvalue weighted by molar-refractivity contribution is 6.31. The first kappa shape index (κ1) is 14.6. The lowest BCUT2D eigenvalue weighted by Gasteiger charge is -2.40. The highest BCUT2D eigenvalue weighted by atomic mass is 35.5. The van der Waals surface area contributed by atoms with Crippen LogP contribution in [0.5, 0.6) is 0 Å². The fourth-order valence-corrected chi connectivity index (χ4v) is 2.81. The van der Waals surface area contributed by atoms with Crippen molar-refractivity contribution in [1.29, 1.82) is 0 Å². The lowest BCUT2D eigenvalue weighted by Crippen LogP contribution is -2.52. The van der Waals surface area contributed by atoms with Crippen molar-refractivity contribution in [2.24, 2.45) is 0 Å². The van der Waals surface area contributed by atoms with Gasteiger partial charge in [0.2, 0.25) is 0 Å². The largest absolute Gasteiger partial charge is 0.354 e. The minimum absolute atomic E-state index is 0.573. The summed E-state index contributed by atoms with van der Waals surface area (Å²) in [7, 11) is 1.93. The minimum Gasteiger partial charge on any atom is -0.354 e. The van der Waals surface area contributed by atoms with E-state index in [2.05, 4.69) is 40.0 Å². The number of hydrogen-bond donors (Lipinski definition) is 1. The molecule has 0 aliphatic carbocycles. The summed E-state index contributed by atoms with van der Waals surface area (Å²) >= 11 is 6.16. The van der Waals surface area contributed by atoms with Gasteiger partial charge in [0.25, 0.3) is 0 Å². The van der Waals surface area contributed by atoms with Crippen LogP contribution < -0.4 is 10.2 Å². The van der Waals surface area contributed by atoms with Gasteiger partial charge in [0, 0.05) is 38.4 Å². The van der Waals surface area contributed by atoms with Crippen LogP contribution in [-0.4, -0.2) is 49.2 Å². The van der Waals surface area contributed by atoms with Crippen molar-refractivity contribution in [3.05, 3.63) is 22.8 Å². The molecule has 0 spiro atoms. The third kappa shape index (κ3) is 3.38. The van der Waals surface area contributed by atoms with E-state index in [1.807, 2.05) is 7.05 Å². The number of halogens is 1. The summed E-state index contributed by atoms with van der Waals surface area (Å²) < 4.78 is 0. The molecule has 1 N–H and O–H groups in total. The van der Waals surface area contributed by atoms with E-state index in [9.17, 15) is 0 Å². The molecule has 1 aliphatic rings. The van der Waals surface area contributed by atoms with Crippen molar-refractivity contribution in [2.75, 3.05) is 38.1 Å². The van der Waals surface area contributed by atoms with Gasteiger partial charge in [0.1, 0.15) is 5.82 Å². The molecule has 1 unspecified atom stereocenters. The number of likely N-dealkylation sites (N-methyl/N-ethyl adjacent to an activating group) is 1. The average molecular weight is 283 g/mol. The maximum Gasteiger partial charge on any atom is 0.129 e. The fraction of sp³-hybridized carbons (Fsp3) is 0.643. The average Bonchev–Trinajstić information content (AvgIpc) is 2.41. The molecule has 0 bridgehead atoms. The van der Waals surface area contributed by atoms with Gasteiger partial charge in [-0.3, -0.25) is 4.90 Å². The van der Waals surface area contributed by atoms with Crippen molar-refractivity contribution in [3.63, 3.8) is 0 Å². The molecular formula is C14H23ClN4. The lowest BCUT2D eigenvalue weighted by atomic mass is 10.1. The highest BCUT2D eigenvalue weighted by Crippen LogP contribution is 2.22. The molecule has 0 amide bonds. The summed E-state index contributed by atoms with van der Waals surface area (Å²) in [4.78, 5) is 9.33. The Morgan fingerprint density at radius 3 is 2.89 bits per heavy atom. The van der Waals surface area contributed by atoms with Gasteiger partial charge in [-0.25, -0.2) is 4.98 Å². The molecule has 5 heteroatoms. The molecule has 0 radical (unpaired) electrons. The quantitative estimate of drug-likeness (QED) is 0.915. The zero-order valence-corrected chi connectivity index (χ0v) is 12.7. The van der Waals surface area contributed by atoms with Gasteiger partial charge in [-0.1, -0.05) is 18.5 Å². The van der Waals surface area contributed by atoms with Crippen LogP contribution in [0.2, 0.25) is 5.02 Å². The maximum atomic E-state index is 6.16. The van der Waals surface area contributed by atoms with Crippen molar-refractivity contribution in [2.45, 2.75) is 26.4 Å². The minimum atomic E-state index is 0.573. The molecule has 106 valence electrons. The van der Waals surface area contributed by atoms with Gasteiger partial charge in [0.05, 0.1) is 5.02 Å². The third-order valence-electron chi connectivity index (χ3n) is 3.78. The van der Waals surface area contributed by atoms with Gasteiger partial charge < -0.3 is 10.2 Å². The van der Waals surface area contributed by atoms with E-state index in [4.69, 9.17) is 11.6 Å². The first-order valence-electron chi connectivity index (χ1n) is 6.93. The van der Waals surface area contributed by atoms with Crippen LogP contribution in [-0.2, 0) is 6.54 Å². The number of aromatic nitrogens is 1. The number of pyridine rings is 1. The normalized spacial score (nSPS) is 20.8. The Balaban J connectivity index is 2.12. The molecule has 0 aromatic carbocycles. The van der Waals surface area contributed by atoms with E-state index in [0.29, 0.717) is 6.04 Å². The molecule has 2 rings (SSSR count). The molecule has 1 atom stereocenters. The van der Waals surface area contributed by atoms with Crippen LogP contribution >= 0.6 is 11.6 Å². The second-order valence-electron chi connectivity index (χ2n) is 5.09. The number of nitrogens with zero attached hydrogens (tertiary/aromatic N) is 3. The van der Waals surface area contributed by atoms with E-state index in [0.717, 1.165) is 49.1 Å². The highest BCUT2D eigenvalue weighted by Gasteiger charge is 2.23. The van der Waals surface area contributed by atoms with E-state index in [-0.39, 0.29) is 0 Å². The monoisotopic (exact) mass is 282 g/mol. The molecule has 1 aromatic heterocycles. The lowest BCUT2D eigenvalue weighted by molar-refractivity contribution is 0.199. The van der Waals surface area contributed by atoms with Crippen LogP contribution in [0.25, 0.3) is 0 Å². The van der Waals surface area contributed by atoms with Crippen molar-refractivity contribution in [3.8, 4) is 0 Å². The molecule has 1 aliphatic heterocycles. The van der Waals surface area contributed by atoms with Gasteiger partial charge in [-0.15, -0.1) is 0 Å². The Hall–Kier alpha value is -0.840. The molecule has 2 heterocycles. The summed E-state index contributed by atoms with van der Waals surface area (Å²) in [6.45, 7) is 9.56. The molecule has 1 saturated heterocycles. The summed E-state index contributed by atoms with van der Waals surface area (Å²) in [6, 6.07) is 2.68. The molecule has 4 nitrogen and oxygen atoms in total. The summed E-state index contributed by atoms with van der Waals surface area (Å²) in [5.41, 5.74) is 1.11. The Morgan fingerprint density at radius 2 is 2.26 bits per heavy atom. The fourth-order valence-electron chi connectivity index (χ4n) is 2.64. The summed E-state index contributed by atoms with van der Waals surface area (Å²) in [5, 5.41) is 3.88. The SMILES string of the molecule is CCN1CCN(c2cc(CNC)c(Cl)cn2)CC1C. The van der Waals surface area contributed by atoms with E-state index in [1.165, 1.54) is 0 Å². The van der Waals surface area contributed by atoms with Crippen molar-refractivity contribution in [1.82, 2.24) is 15.2 Å². The Kier molecular flexibility index (Phi) is 5.02. The predicted molar refractivity (Wildman–Crippen MR) is 80.9 cm³/mol. The molecule has 1 aromatic rings. The Bertz CT molecular complexity index is 424. The smallest absolute Gasteiger partial charge is 0.129 e. The van der Waals surface area contributed by atoms with Crippen LogP contribution in [0, 0.1) is 0 Å². The second kappa shape index (κ2) is 6.55. The van der Waals surface area contributed by atoms with Crippen LogP contribution in [0.15, 0.2) is 12.3 Å². The second-order valence-corrected chi connectivity index (χ2v) is 5.50. The van der Waals surface area contributed by atoms with Crippen molar-refractivity contribution >= 4 is 17.4 Å². The summed E-state index contributed by atoms with van der Waals surface area (Å²) in [6.07, 6.45) is 1.76. The Morgan fingerprint density at radius 1 is 1.47 bits per heavy atom. The molecule has 1 fully saturated rings. The van der Waals surface area contributed by atoms with Crippen LogP contribution in [0.3, 0.4) is 0 Å². The van der Waals surface area contributed by atoms with Gasteiger partial charge in [-0.05, 0) is 32.1 Å². The van der Waals surface area contributed by atoms with Gasteiger partial charge >= 0.3 is 0 Å². The zero-order valence-electron chi connectivity index (χ0n) is 12.0. The third-order valence-corrected chi connectivity index (χ3v) is 4.12. The van der Waals surface area contributed by atoms with Crippen molar-refractivity contribution < 1.29 is 0 Å². The van der Waals surface area contributed by atoms with E-state index >= 15 is 0 Å². The van der Waals surface area contributed by atoms with Crippen LogP contribution in [0.1, 0.15) is 19.4 Å². The van der Waals surface area contributed by atoms with E-state index in [1.54, 1.807) is 6.20 Å². The van der Waals surface area contributed by atoms with Gasteiger partial charge in [-0.2, -0.15) is 0 Å². The van der Waals surface area contributed by atoms with Gasteiger partial charge in [0.15, 0.2) is 0 Å². The van der Waals surface area contributed by atoms with Crippen LogP contribution in [0.4, 0.5) is 5.82 Å². The molecule has 19 heavy (non-hydrogen) atoms. The number of hydrogen-bond acceptors (Lipinski definition) is 4.